The number of nitrogens with zero attached hydrogens (tertiary/aromatic N) is 4. The number of sulfone groups is 1. The second-order valence-corrected chi connectivity index (χ2v) is 11.3. The van der Waals surface area contributed by atoms with Gasteiger partial charge in [0, 0.05) is 41.8 Å². The second kappa shape index (κ2) is 9.58. The molecule has 0 spiro atoms. The molecule has 8 nitrogen and oxygen atoms in total. The maximum absolute atomic E-state index is 13.2. The predicted molar refractivity (Wildman–Crippen MR) is 128 cm³/mol. The molecular formula is C25H28N4O4S. The minimum Gasteiger partial charge on any atom is -0.492 e. The van der Waals surface area contributed by atoms with Crippen LogP contribution in [0.15, 0.2) is 49.1 Å². The Hall–Kier alpha value is -3.20. The summed E-state index contributed by atoms with van der Waals surface area (Å²) in [7, 11) is -3.24. The van der Waals surface area contributed by atoms with Gasteiger partial charge in [-0.25, -0.2) is 18.4 Å². The number of Topliss-reactive ketones (excluding diaryl/α,β-unsaturated/α-hetero) is 1. The van der Waals surface area contributed by atoms with E-state index < -0.39 is 15.3 Å². The standard InChI is InChI=1S/C25H28N4O4S/c1-4-33-20-11-18(13-26-15-20)17-5-6-19(28-14-17)12-23(30)25(2,3)22-9-10-27-24(29-22)16-34(31,32)21-7-8-21/h5-6,9-11,13-15,21H,4,7-8,12,16H2,1-3H3. The molecule has 0 amide bonds. The summed E-state index contributed by atoms with van der Waals surface area (Å²) < 4.78 is 30.1. The molecule has 178 valence electrons. The summed E-state index contributed by atoms with van der Waals surface area (Å²) in [5.74, 6) is 0.659. The summed E-state index contributed by atoms with van der Waals surface area (Å²) in [5, 5.41) is -0.277. The van der Waals surface area contributed by atoms with Gasteiger partial charge in [-0.3, -0.25) is 14.8 Å². The molecule has 3 heterocycles. The lowest BCUT2D eigenvalue weighted by atomic mass is 9.82. The lowest BCUT2D eigenvalue weighted by Crippen LogP contribution is -2.32. The number of carbonyl (C=O) groups is 1. The Balaban J connectivity index is 1.46. The largest absolute Gasteiger partial charge is 0.492 e. The number of ether oxygens (including phenoxy) is 1. The average Bonchev–Trinajstić information content (AvgIpc) is 3.66. The zero-order chi connectivity index (χ0) is 24.3. The third-order valence-corrected chi connectivity index (χ3v) is 8.08. The molecule has 0 aromatic carbocycles. The van der Waals surface area contributed by atoms with Crippen LogP contribution in [0.3, 0.4) is 0 Å². The van der Waals surface area contributed by atoms with Crippen LogP contribution in [0, 0.1) is 0 Å². The summed E-state index contributed by atoms with van der Waals surface area (Å²) in [4.78, 5) is 30.4. The first-order chi connectivity index (χ1) is 16.2. The van der Waals surface area contributed by atoms with E-state index in [0.717, 1.165) is 11.1 Å². The van der Waals surface area contributed by atoms with E-state index in [9.17, 15) is 13.2 Å². The number of carbonyl (C=O) groups excluding carboxylic acids is 1. The molecule has 0 unspecified atom stereocenters. The average molecular weight is 481 g/mol. The van der Waals surface area contributed by atoms with Crippen LogP contribution in [-0.2, 0) is 32.2 Å². The molecule has 0 atom stereocenters. The molecule has 9 heteroatoms. The van der Waals surface area contributed by atoms with Gasteiger partial charge >= 0.3 is 0 Å². The van der Waals surface area contributed by atoms with Gasteiger partial charge in [0.05, 0.1) is 29.2 Å². The maximum atomic E-state index is 13.2. The van der Waals surface area contributed by atoms with E-state index in [4.69, 9.17) is 4.74 Å². The number of hydrogen-bond donors (Lipinski definition) is 0. The van der Waals surface area contributed by atoms with Gasteiger partial charge < -0.3 is 4.74 Å². The fourth-order valence-electron chi connectivity index (χ4n) is 3.59. The van der Waals surface area contributed by atoms with E-state index in [0.29, 0.717) is 36.6 Å². The Kier molecular flexibility index (Phi) is 6.74. The highest BCUT2D eigenvalue weighted by atomic mass is 32.2. The monoisotopic (exact) mass is 480 g/mol. The topological polar surface area (TPSA) is 112 Å². The van der Waals surface area contributed by atoms with Crippen molar-refractivity contribution in [1.29, 1.82) is 0 Å². The summed E-state index contributed by atoms with van der Waals surface area (Å²) in [6.07, 6.45) is 8.17. The molecule has 1 aliphatic carbocycles. The zero-order valence-electron chi connectivity index (χ0n) is 19.6. The molecule has 0 aliphatic heterocycles. The SMILES string of the molecule is CCOc1cncc(-c2ccc(CC(=O)C(C)(C)c3ccnc(CS(=O)(=O)C4CC4)n3)nc2)c1. The molecule has 1 saturated carbocycles. The maximum Gasteiger partial charge on any atom is 0.160 e. The van der Waals surface area contributed by atoms with E-state index in [-0.39, 0.29) is 29.0 Å². The fraction of sp³-hybridized carbons (Fsp3) is 0.400. The van der Waals surface area contributed by atoms with Gasteiger partial charge in [0.2, 0.25) is 0 Å². The minimum absolute atomic E-state index is 0.0672. The van der Waals surface area contributed by atoms with Crippen molar-refractivity contribution in [2.24, 2.45) is 0 Å². The molecule has 0 radical (unpaired) electrons. The molecule has 1 aliphatic rings. The minimum atomic E-state index is -3.24. The molecular weight excluding hydrogens is 452 g/mol. The number of pyridine rings is 2. The smallest absolute Gasteiger partial charge is 0.160 e. The Bertz CT molecular complexity index is 1290. The van der Waals surface area contributed by atoms with Gasteiger partial charge in [-0.05, 0) is 51.8 Å². The van der Waals surface area contributed by atoms with Crippen LogP contribution >= 0.6 is 0 Å². The first kappa shape index (κ1) is 23.9. The van der Waals surface area contributed by atoms with Crippen molar-refractivity contribution < 1.29 is 17.9 Å². The normalized spacial score (nSPS) is 14.1. The Morgan fingerprint density at radius 3 is 2.56 bits per heavy atom. The van der Waals surface area contributed by atoms with Crippen molar-refractivity contribution in [1.82, 2.24) is 19.9 Å². The zero-order valence-corrected chi connectivity index (χ0v) is 20.4. The molecule has 34 heavy (non-hydrogen) atoms. The fourth-order valence-corrected chi connectivity index (χ4v) is 5.18. The first-order valence-corrected chi connectivity index (χ1v) is 13.0. The third-order valence-electron chi connectivity index (χ3n) is 5.93. The molecule has 3 aromatic rings. The van der Waals surface area contributed by atoms with E-state index >= 15 is 0 Å². The first-order valence-electron chi connectivity index (χ1n) is 11.3. The van der Waals surface area contributed by atoms with E-state index in [1.807, 2.05) is 25.1 Å². The van der Waals surface area contributed by atoms with Crippen LogP contribution in [0.25, 0.3) is 11.1 Å². The number of rotatable bonds is 10. The molecule has 1 fully saturated rings. The van der Waals surface area contributed by atoms with Crippen LogP contribution in [-0.4, -0.2) is 46.0 Å². The van der Waals surface area contributed by atoms with Crippen LogP contribution < -0.4 is 4.74 Å². The molecule has 0 N–H and O–H groups in total. The second-order valence-electron chi connectivity index (χ2n) is 8.97. The van der Waals surface area contributed by atoms with E-state index in [1.54, 1.807) is 38.5 Å². The van der Waals surface area contributed by atoms with Crippen molar-refractivity contribution >= 4 is 15.6 Å². The highest BCUT2D eigenvalue weighted by Crippen LogP contribution is 2.31. The van der Waals surface area contributed by atoms with Crippen LogP contribution in [0.1, 0.15) is 50.8 Å². The molecule has 3 aromatic heterocycles. The van der Waals surface area contributed by atoms with Crippen molar-refractivity contribution in [2.45, 2.75) is 56.5 Å². The van der Waals surface area contributed by atoms with Gasteiger partial charge in [0.1, 0.15) is 23.1 Å². The lowest BCUT2D eigenvalue weighted by molar-refractivity contribution is -0.123. The van der Waals surface area contributed by atoms with Gasteiger partial charge in [-0.1, -0.05) is 6.07 Å². The Labute approximate surface area is 199 Å². The van der Waals surface area contributed by atoms with Crippen molar-refractivity contribution in [3.63, 3.8) is 0 Å². The van der Waals surface area contributed by atoms with Crippen LogP contribution in [0.5, 0.6) is 5.75 Å². The highest BCUT2D eigenvalue weighted by molar-refractivity contribution is 7.91. The van der Waals surface area contributed by atoms with Crippen molar-refractivity contribution in [3.05, 3.63) is 66.3 Å². The highest BCUT2D eigenvalue weighted by Gasteiger charge is 2.37. The molecule has 0 saturated heterocycles. The molecule has 0 bridgehead atoms. The Morgan fingerprint density at radius 2 is 1.88 bits per heavy atom. The predicted octanol–water partition coefficient (Wildman–Crippen LogP) is 3.50. The van der Waals surface area contributed by atoms with Gasteiger partial charge in [0.15, 0.2) is 9.84 Å². The Morgan fingerprint density at radius 1 is 1.09 bits per heavy atom. The summed E-state index contributed by atoms with van der Waals surface area (Å²) >= 11 is 0. The lowest BCUT2D eigenvalue weighted by Gasteiger charge is -2.22. The molecule has 4 rings (SSSR count). The van der Waals surface area contributed by atoms with Gasteiger partial charge in [0.25, 0.3) is 0 Å². The number of ketones is 1. The van der Waals surface area contributed by atoms with E-state index in [1.165, 1.54) is 6.20 Å². The van der Waals surface area contributed by atoms with Crippen LogP contribution in [0.2, 0.25) is 0 Å². The number of aromatic nitrogens is 4. The quantitative estimate of drug-likeness (QED) is 0.433. The third kappa shape index (κ3) is 5.47. The van der Waals surface area contributed by atoms with Crippen LogP contribution in [0.4, 0.5) is 0 Å². The van der Waals surface area contributed by atoms with Gasteiger partial charge in [-0.15, -0.1) is 0 Å². The van der Waals surface area contributed by atoms with Crippen molar-refractivity contribution in [3.8, 4) is 16.9 Å². The summed E-state index contributed by atoms with van der Waals surface area (Å²) in [5.41, 5.74) is 1.98. The summed E-state index contributed by atoms with van der Waals surface area (Å²) in [6, 6.07) is 7.29. The van der Waals surface area contributed by atoms with Crippen molar-refractivity contribution in [2.75, 3.05) is 6.61 Å². The van der Waals surface area contributed by atoms with E-state index in [2.05, 4.69) is 19.9 Å². The van der Waals surface area contributed by atoms with Gasteiger partial charge in [-0.2, -0.15) is 0 Å². The number of hydrogen-bond acceptors (Lipinski definition) is 8. The summed E-state index contributed by atoms with van der Waals surface area (Å²) in [6.45, 7) is 6.05.